The van der Waals surface area contributed by atoms with Gasteiger partial charge in [-0.05, 0) is 19.6 Å². The maximum absolute atomic E-state index is 11.0. The standard InChI is InChI=1S/C8H14O5Si/c1-14(2,3)13-8(12)6(9)4-5-7(10)11/h4-5H2,1-3H3,(H,10,11). The fourth-order valence-electron chi connectivity index (χ4n) is 0.658. The number of carbonyl (C=O) groups is 3. The summed E-state index contributed by atoms with van der Waals surface area (Å²) >= 11 is 0. The number of hydrogen-bond donors (Lipinski definition) is 1. The van der Waals surface area contributed by atoms with Crippen LogP contribution in [0.3, 0.4) is 0 Å². The Labute approximate surface area is 83.2 Å². The number of carboxylic acid groups (broad SMARTS) is 1. The summed E-state index contributed by atoms with van der Waals surface area (Å²) in [6, 6.07) is 0. The van der Waals surface area contributed by atoms with Gasteiger partial charge in [-0.15, -0.1) is 0 Å². The molecule has 0 heterocycles. The van der Waals surface area contributed by atoms with Crippen LogP contribution in [0.25, 0.3) is 0 Å². The molecule has 0 radical (unpaired) electrons. The zero-order valence-corrected chi connectivity index (χ0v) is 9.49. The summed E-state index contributed by atoms with van der Waals surface area (Å²) in [5, 5.41) is 8.28. The minimum absolute atomic E-state index is 0.293. The fraction of sp³-hybridized carbons (Fsp3) is 0.625. The van der Waals surface area contributed by atoms with Crippen molar-refractivity contribution < 1.29 is 23.9 Å². The molecule has 0 aliphatic carbocycles. The van der Waals surface area contributed by atoms with Crippen molar-refractivity contribution in [1.82, 2.24) is 0 Å². The molecule has 0 spiro atoms. The summed E-state index contributed by atoms with van der Waals surface area (Å²) in [5.74, 6) is -2.78. The van der Waals surface area contributed by atoms with Gasteiger partial charge in [0.05, 0.1) is 6.42 Å². The summed E-state index contributed by atoms with van der Waals surface area (Å²) in [7, 11) is -2.06. The van der Waals surface area contributed by atoms with E-state index >= 15 is 0 Å². The third-order valence-electron chi connectivity index (χ3n) is 1.19. The lowest BCUT2D eigenvalue weighted by atomic mass is 10.2. The predicted octanol–water partition coefficient (Wildman–Crippen LogP) is 0.798. The second-order valence-electron chi connectivity index (χ2n) is 3.82. The van der Waals surface area contributed by atoms with Gasteiger partial charge in [-0.3, -0.25) is 9.59 Å². The van der Waals surface area contributed by atoms with Gasteiger partial charge in [0.15, 0.2) is 0 Å². The molecular formula is C8H14O5Si. The SMILES string of the molecule is C[Si](C)(C)OC(=O)C(=O)CCC(=O)O. The molecule has 14 heavy (non-hydrogen) atoms. The zero-order chi connectivity index (χ0) is 11.4. The van der Waals surface area contributed by atoms with Crippen molar-refractivity contribution in [2.24, 2.45) is 0 Å². The van der Waals surface area contributed by atoms with Crippen molar-refractivity contribution in [3.63, 3.8) is 0 Å². The number of rotatable bonds is 5. The van der Waals surface area contributed by atoms with Crippen molar-refractivity contribution in [2.45, 2.75) is 32.5 Å². The largest absolute Gasteiger partial charge is 0.514 e. The van der Waals surface area contributed by atoms with Crippen LogP contribution in [0.2, 0.25) is 19.6 Å². The van der Waals surface area contributed by atoms with Gasteiger partial charge in [0.2, 0.25) is 14.1 Å². The van der Waals surface area contributed by atoms with Gasteiger partial charge in [-0.1, -0.05) is 0 Å². The molecule has 5 nitrogen and oxygen atoms in total. The Morgan fingerprint density at radius 3 is 2.00 bits per heavy atom. The Balaban J connectivity index is 4.01. The number of carbonyl (C=O) groups excluding carboxylic acids is 2. The second-order valence-corrected chi connectivity index (χ2v) is 8.25. The summed E-state index contributed by atoms with van der Waals surface area (Å²) < 4.78 is 4.89. The third kappa shape index (κ3) is 6.35. The lowest BCUT2D eigenvalue weighted by Crippen LogP contribution is -2.33. The number of ketones is 1. The van der Waals surface area contributed by atoms with Crippen LogP contribution in [-0.4, -0.2) is 31.1 Å². The van der Waals surface area contributed by atoms with E-state index in [0.29, 0.717) is 0 Å². The van der Waals surface area contributed by atoms with Crippen LogP contribution < -0.4 is 0 Å². The first-order chi connectivity index (χ1) is 6.22. The van der Waals surface area contributed by atoms with Crippen LogP contribution in [0.4, 0.5) is 0 Å². The Hall–Kier alpha value is -1.17. The number of aliphatic carboxylic acids is 1. The van der Waals surface area contributed by atoms with Crippen molar-refractivity contribution in [1.29, 1.82) is 0 Å². The molecule has 0 rings (SSSR count). The molecule has 0 unspecified atom stereocenters. The van der Waals surface area contributed by atoms with Crippen molar-refractivity contribution in [3.8, 4) is 0 Å². The molecule has 0 saturated carbocycles. The van der Waals surface area contributed by atoms with E-state index in [4.69, 9.17) is 9.53 Å². The molecule has 80 valence electrons. The van der Waals surface area contributed by atoms with E-state index < -0.39 is 26.0 Å². The van der Waals surface area contributed by atoms with Crippen molar-refractivity contribution >= 4 is 26.0 Å². The normalized spacial score (nSPS) is 10.8. The van der Waals surface area contributed by atoms with Gasteiger partial charge in [-0.2, -0.15) is 0 Å². The third-order valence-corrected chi connectivity index (χ3v) is 1.99. The minimum Gasteiger partial charge on any atom is -0.514 e. The van der Waals surface area contributed by atoms with E-state index in [-0.39, 0.29) is 12.8 Å². The molecule has 0 aromatic heterocycles. The fourth-order valence-corrected chi connectivity index (χ4v) is 1.33. The van der Waals surface area contributed by atoms with E-state index in [1.165, 1.54) is 0 Å². The smallest absolute Gasteiger partial charge is 0.361 e. The van der Waals surface area contributed by atoms with Gasteiger partial charge in [0.1, 0.15) is 0 Å². The summed E-state index contributed by atoms with van der Waals surface area (Å²) in [6.07, 6.45) is -0.627. The molecule has 6 heteroatoms. The monoisotopic (exact) mass is 218 g/mol. The first-order valence-electron chi connectivity index (χ1n) is 4.20. The zero-order valence-electron chi connectivity index (χ0n) is 8.49. The maximum atomic E-state index is 11.0. The van der Waals surface area contributed by atoms with Crippen molar-refractivity contribution in [3.05, 3.63) is 0 Å². The van der Waals surface area contributed by atoms with E-state index in [1.54, 1.807) is 19.6 Å². The van der Waals surface area contributed by atoms with E-state index in [0.717, 1.165) is 0 Å². The molecule has 0 aromatic rings. The Kier molecular flexibility index (Phi) is 4.49. The average molecular weight is 218 g/mol. The highest BCUT2D eigenvalue weighted by Crippen LogP contribution is 2.04. The first-order valence-corrected chi connectivity index (χ1v) is 7.61. The molecule has 0 aliphatic heterocycles. The van der Waals surface area contributed by atoms with Crippen LogP contribution in [0.15, 0.2) is 0 Å². The second kappa shape index (κ2) is 4.90. The highest BCUT2D eigenvalue weighted by molar-refractivity contribution is 6.72. The summed E-state index contributed by atoms with van der Waals surface area (Å²) in [4.78, 5) is 32.2. The lowest BCUT2D eigenvalue weighted by molar-refractivity contribution is -0.148. The van der Waals surface area contributed by atoms with Gasteiger partial charge in [0.25, 0.3) is 0 Å². The van der Waals surface area contributed by atoms with Crippen LogP contribution in [0.1, 0.15) is 12.8 Å². The van der Waals surface area contributed by atoms with Crippen molar-refractivity contribution in [2.75, 3.05) is 0 Å². The molecular weight excluding hydrogens is 204 g/mol. The van der Waals surface area contributed by atoms with E-state index in [2.05, 4.69) is 0 Å². The van der Waals surface area contributed by atoms with Crippen LogP contribution in [-0.2, 0) is 18.8 Å². The molecule has 0 atom stereocenters. The highest BCUT2D eigenvalue weighted by Gasteiger charge is 2.24. The van der Waals surface area contributed by atoms with Gasteiger partial charge < -0.3 is 9.53 Å². The minimum atomic E-state index is -2.06. The predicted molar refractivity (Wildman–Crippen MR) is 51.3 cm³/mol. The number of carboxylic acids is 1. The lowest BCUT2D eigenvalue weighted by Gasteiger charge is -2.16. The van der Waals surface area contributed by atoms with Gasteiger partial charge in [-0.25, -0.2) is 4.79 Å². The Morgan fingerprint density at radius 2 is 1.64 bits per heavy atom. The Bertz CT molecular complexity index is 253. The summed E-state index contributed by atoms with van der Waals surface area (Å²) in [6.45, 7) is 5.32. The molecule has 1 N–H and O–H groups in total. The Morgan fingerprint density at radius 1 is 1.14 bits per heavy atom. The topological polar surface area (TPSA) is 80.7 Å². The average Bonchev–Trinajstić information content (AvgIpc) is 1.96. The maximum Gasteiger partial charge on any atom is 0.361 e. The van der Waals surface area contributed by atoms with Crippen LogP contribution >= 0.6 is 0 Å². The first kappa shape index (κ1) is 12.8. The highest BCUT2D eigenvalue weighted by atomic mass is 28.4. The number of hydrogen-bond acceptors (Lipinski definition) is 4. The molecule has 0 bridgehead atoms. The van der Waals surface area contributed by atoms with Crippen LogP contribution in [0, 0.1) is 0 Å². The quantitative estimate of drug-likeness (QED) is 0.545. The molecule has 0 aromatic carbocycles. The van der Waals surface area contributed by atoms with Crippen LogP contribution in [0.5, 0.6) is 0 Å². The van der Waals surface area contributed by atoms with Gasteiger partial charge >= 0.3 is 11.9 Å². The molecule has 0 aliphatic rings. The van der Waals surface area contributed by atoms with E-state index in [1.807, 2.05) is 0 Å². The number of Topliss-reactive ketones (excluding diaryl/α,β-unsaturated/α-hetero) is 1. The molecule has 0 fully saturated rings. The van der Waals surface area contributed by atoms with Gasteiger partial charge in [0, 0.05) is 6.42 Å². The molecule has 0 amide bonds. The van der Waals surface area contributed by atoms with E-state index in [9.17, 15) is 14.4 Å². The summed E-state index contributed by atoms with van der Waals surface area (Å²) in [5.41, 5.74) is 0. The molecule has 0 saturated heterocycles.